The third kappa shape index (κ3) is 10.9. The molecule has 31 heavy (non-hydrogen) atoms. The first-order chi connectivity index (χ1) is 14.3. The van der Waals surface area contributed by atoms with Crippen molar-refractivity contribution in [3.8, 4) is 0 Å². The number of halogens is 3. The lowest BCUT2D eigenvalue weighted by molar-refractivity contribution is -0.225. The summed E-state index contributed by atoms with van der Waals surface area (Å²) in [6.07, 6.45) is -8.25. The predicted molar refractivity (Wildman–Crippen MR) is 105 cm³/mol. The van der Waals surface area contributed by atoms with E-state index in [1.807, 2.05) is 0 Å². The van der Waals surface area contributed by atoms with Crippen LogP contribution in [-0.2, 0) is 4.79 Å². The average Bonchev–Trinajstić information content (AvgIpc) is 2.73. The van der Waals surface area contributed by atoms with E-state index in [4.69, 9.17) is 20.4 Å². The van der Waals surface area contributed by atoms with Crippen LogP contribution in [0.1, 0.15) is 34.6 Å². The minimum Gasteiger partial charge on any atom is -0.478 e. The Morgan fingerprint density at radius 3 is 1.39 bits per heavy atom. The number of hydrogen-bond donors (Lipinski definition) is 4. The first-order valence-electron chi connectivity index (χ1n) is 8.82. The van der Waals surface area contributed by atoms with Gasteiger partial charge in [-0.25, -0.2) is 9.59 Å². The number of ketones is 1. The molecule has 0 aliphatic carbocycles. The number of aliphatic carboxylic acids is 1. The van der Waals surface area contributed by atoms with Gasteiger partial charge in [-0.2, -0.15) is 13.2 Å². The summed E-state index contributed by atoms with van der Waals surface area (Å²) in [5.74, 6) is -4.35. The lowest BCUT2D eigenvalue weighted by Gasteiger charge is -2.23. The van der Waals surface area contributed by atoms with Crippen LogP contribution in [0, 0.1) is 5.92 Å². The summed E-state index contributed by atoms with van der Waals surface area (Å²) < 4.78 is 35.1. The van der Waals surface area contributed by atoms with Crippen molar-refractivity contribution >= 4 is 17.7 Å². The van der Waals surface area contributed by atoms with Crippen molar-refractivity contribution in [2.24, 2.45) is 5.92 Å². The highest BCUT2D eigenvalue weighted by Gasteiger charge is 2.43. The highest BCUT2D eigenvalue weighted by molar-refractivity contribution is 6.39. The van der Waals surface area contributed by atoms with Crippen LogP contribution >= 0.6 is 0 Å². The third-order valence-corrected chi connectivity index (χ3v) is 3.85. The van der Waals surface area contributed by atoms with Gasteiger partial charge in [0.25, 0.3) is 5.78 Å². The summed E-state index contributed by atoms with van der Waals surface area (Å²) in [5.41, 5.74) is 0.539. The summed E-state index contributed by atoms with van der Waals surface area (Å²) in [6, 6.07) is 16.2. The van der Waals surface area contributed by atoms with Gasteiger partial charge in [-0.3, -0.25) is 4.79 Å². The molecule has 0 fully saturated rings. The van der Waals surface area contributed by atoms with E-state index >= 15 is 0 Å². The highest BCUT2D eigenvalue weighted by Crippen LogP contribution is 2.26. The SMILES string of the molecule is CC(O)C(C)C(O)C(F)(F)F.O=C(O)C(=O)c1ccccc1.O=C(O)c1ccccc1. The van der Waals surface area contributed by atoms with Crippen LogP contribution in [0.4, 0.5) is 13.2 Å². The molecule has 2 aromatic carbocycles. The van der Waals surface area contributed by atoms with Crippen LogP contribution < -0.4 is 0 Å². The minimum atomic E-state index is -4.64. The number of aromatic carboxylic acids is 1. The highest BCUT2D eigenvalue weighted by atomic mass is 19.4. The Labute approximate surface area is 176 Å². The average molecular weight is 444 g/mol. The molecule has 0 aliphatic heterocycles. The molecule has 0 saturated heterocycles. The number of carbonyl (C=O) groups is 3. The zero-order chi connectivity index (χ0) is 24.2. The standard InChI is InChI=1S/C8H6O3.C7H6O2.C6H11F3O2/c9-7(8(10)11)6-4-2-1-3-5-6;8-7(9)6-4-2-1-3-5-6;1-3(4(2)10)5(11)6(7,8)9/h1-5H,(H,10,11);1-5H,(H,8,9);3-5,10-11H,1-2H3. The van der Waals surface area contributed by atoms with Crippen LogP contribution in [0.25, 0.3) is 0 Å². The fourth-order valence-corrected chi connectivity index (χ4v) is 1.86. The van der Waals surface area contributed by atoms with Gasteiger partial charge in [0, 0.05) is 11.5 Å². The second-order valence-electron chi connectivity index (χ2n) is 6.26. The van der Waals surface area contributed by atoms with Gasteiger partial charge in [0.1, 0.15) is 0 Å². The van der Waals surface area contributed by atoms with E-state index in [0.717, 1.165) is 6.92 Å². The normalized spacial score (nSPS) is 13.3. The lowest BCUT2D eigenvalue weighted by Crippen LogP contribution is -2.39. The number of carboxylic acids is 2. The van der Waals surface area contributed by atoms with Crippen molar-refractivity contribution in [1.29, 1.82) is 0 Å². The number of hydrogen-bond acceptors (Lipinski definition) is 5. The van der Waals surface area contributed by atoms with Crippen molar-refractivity contribution < 1.29 is 48.0 Å². The summed E-state index contributed by atoms with van der Waals surface area (Å²) in [6.45, 7) is 2.35. The van der Waals surface area contributed by atoms with Gasteiger partial charge in [-0.15, -0.1) is 0 Å². The number of rotatable bonds is 5. The Hall–Kier alpha value is -3.24. The fraction of sp³-hybridized carbons (Fsp3) is 0.286. The Bertz CT molecular complexity index is 822. The van der Waals surface area contributed by atoms with E-state index in [-0.39, 0.29) is 5.56 Å². The molecule has 10 heteroatoms. The molecule has 0 bridgehead atoms. The molecule has 0 aromatic heterocycles. The van der Waals surface area contributed by atoms with Crippen molar-refractivity contribution in [2.45, 2.75) is 32.2 Å². The minimum absolute atomic E-state index is 0.208. The summed E-state index contributed by atoms with van der Waals surface area (Å²) in [7, 11) is 0. The molecule has 0 saturated carbocycles. The molecule has 0 amide bonds. The monoisotopic (exact) mass is 444 g/mol. The van der Waals surface area contributed by atoms with Gasteiger partial charge in [-0.1, -0.05) is 55.5 Å². The molecule has 7 nitrogen and oxygen atoms in total. The summed E-state index contributed by atoms with van der Waals surface area (Å²) in [5, 5.41) is 33.9. The summed E-state index contributed by atoms with van der Waals surface area (Å²) in [4.78, 5) is 31.1. The number of aliphatic hydroxyl groups excluding tert-OH is 2. The molecule has 2 rings (SSSR count). The number of alkyl halides is 3. The Balaban J connectivity index is 0.000000438. The smallest absolute Gasteiger partial charge is 0.414 e. The first kappa shape index (κ1) is 27.8. The Morgan fingerprint density at radius 1 is 0.774 bits per heavy atom. The molecule has 0 radical (unpaired) electrons. The molecule has 2 aromatic rings. The van der Waals surface area contributed by atoms with Crippen molar-refractivity contribution in [1.82, 2.24) is 0 Å². The molecule has 0 heterocycles. The first-order valence-corrected chi connectivity index (χ1v) is 8.82. The van der Waals surface area contributed by atoms with Gasteiger partial charge in [0.15, 0.2) is 6.10 Å². The van der Waals surface area contributed by atoms with Crippen molar-refractivity contribution in [3.05, 3.63) is 71.8 Å². The molecule has 3 atom stereocenters. The van der Waals surface area contributed by atoms with E-state index in [0.29, 0.717) is 5.56 Å². The maximum atomic E-state index is 11.7. The number of Topliss-reactive ketones (excluding diaryl/α,β-unsaturated/α-hetero) is 1. The molecule has 170 valence electrons. The number of carbonyl (C=O) groups excluding carboxylic acids is 1. The van der Waals surface area contributed by atoms with E-state index < -0.39 is 42.0 Å². The Kier molecular flexibility index (Phi) is 11.8. The Morgan fingerprint density at radius 2 is 1.16 bits per heavy atom. The number of aliphatic hydroxyl groups is 2. The summed E-state index contributed by atoms with van der Waals surface area (Å²) >= 11 is 0. The van der Waals surface area contributed by atoms with E-state index in [9.17, 15) is 27.6 Å². The van der Waals surface area contributed by atoms with Gasteiger partial charge in [0.05, 0.1) is 11.7 Å². The fourth-order valence-electron chi connectivity index (χ4n) is 1.86. The van der Waals surface area contributed by atoms with Gasteiger partial charge in [-0.05, 0) is 19.1 Å². The number of benzene rings is 2. The van der Waals surface area contributed by atoms with E-state index in [2.05, 4.69) is 0 Å². The molecular weight excluding hydrogens is 421 g/mol. The molecule has 0 spiro atoms. The second-order valence-corrected chi connectivity index (χ2v) is 6.26. The zero-order valence-corrected chi connectivity index (χ0v) is 16.7. The topological polar surface area (TPSA) is 132 Å². The van der Waals surface area contributed by atoms with Gasteiger partial charge in [0.2, 0.25) is 0 Å². The maximum absolute atomic E-state index is 11.7. The number of carboxylic acid groups (broad SMARTS) is 2. The van der Waals surface area contributed by atoms with Crippen molar-refractivity contribution in [3.63, 3.8) is 0 Å². The van der Waals surface area contributed by atoms with E-state index in [1.54, 1.807) is 48.5 Å². The molecule has 0 aliphatic rings. The largest absolute Gasteiger partial charge is 0.478 e. The van der Waals surface area contributed by atoms with Crippen molar-refractivity contribution in [2.75, 3.05) is 0 Å². The molecule has 3 unspecified atom stereocenters. The van der Waals surface area contributed by atoms with E-state index in [1.165, 1.54) is 19.1 Å². The van der Waals surface area contributed by atoms with Crippen LogP contribution in [0.15, 0.2) is 60.7 Å². The zero-order valence-electron chi connectivity index (χ0n) is 16.7. The van der Waals surface area contributed by atoms with Crippen LogP contribution in [-0.4, -0.2) is 56.5 Å². The third-order valence-electron chi connectivity index (χ3n) is 3.85. The molecule has 4 N–H and O–H groups in total. The van der Waals surface area contributed by atoms with Crippen LogP contribution in [0.5, 0.6) is 0 Å². The van der Waals surface area contributed by atoms with Gasteiger partial charge < -0.3 is 20.4 Å². The van der Waals surface area contributed by atoms with Gasteiger partial charge >= 0.3 is 18.1 Å². The maximum Gasteiger partial charge on any atom is 0.414 e. The molecular formula is C21H23F3O7. The van der Waals surface area contributed by atoms with Crippen LogP contribution in [0.2, 0.25) is 0 Å². The lowest BCUT2D eigenvalue weighted by atomic mass is 9.99. The quantitative estimate of drug-likeness (QED) is 0.411. The van der Waals surface area contributed by atoms with Crippen LogP contribution in [0.3, 0.4) is 0 Å². The second kappa shape index (κ2) is 13.1. The predicted octanol–water partition coefficient (Wildman–Crippen LogP) is 3.27.